The van der Waals surface area contributed by atoms with Gasteiger partial charge in [-0.25, -0.2) is 4.57 Å². The predicted molar refractivity (Wildman–Crippen MR) is 271 cm³/mol. The molecule has 10 nitrogen and oxygen atoms in total. The number of phosphoric acid groups is 1. The highest BCUT2D eigenvalue weighted by Crippen LogP contribution is 2.50. The molecule has 0 saturated heterocycles. The lowest BCUT2D eigenvalue weighted by atomic mass is 10.0. The van der Waals surface area contributed by atoms with Crippen molar-refractivity contribution in [3.8, 4) is 0 Å². The Labute approximate surface area is 407 Å². The SMILES string of the molecule is CCCCCCCCCCCCCCCC(=O)OCC(COC(=O)CCCCCCCCCCCCC)COP(=O)(OCCCCCCCC(=O)OCc1ccccc1)OCc1ccccc1. The lowest BCUT2D eigenvalue weighted by molar-refractivity contribution is -0.150. The minimum atomic E-state index is -4.07. The van der Waals surface area contributed by atoms with Crippen molar-refractivity contribution in [3.05, 3.63) is 71.8 Å². The van der Waals surface area contributed by atoms with Gasteiger partial charge in [0.15, 0.2) is 0 Å². The summed E-state index contributed by atoms with van der Waals surface area (Å²) in [7, 11) is -4.07. The van der Waals surface area contributed by atoms with E-state index in [2.05, 4.69) is 13.8 Å². The van der Waals surface area contributed by atoms with E-state index >= 15 is 0 Å². The molecular weight excluding hydrogens is 864 g/mol. The first-order valence-electron chi connectivity index (χ1n) is 26.9. The molecule has 0 aromatic heterocycles. The largest absolute Gasteiger partial charge is 0.475 e. The van der Waals surface area contributed by atoms with E-state index in [0.29, 0.717) is 25.7 Å². The van der Waals surface area contributed by atoms with Crippen LogP contribution >= 0.6 is 7.82 Å². The van der Waals surface area contributed by atoms with Gasteiger partial charge >= 0.3 is 25.7 Å². The van der Waals surface area contributed by atoms with Crippen LogP contribution in [0.1, 0.15) is 230 Å². The van der Waals surface area contributed by atoms with Crippen LogP contribution < -0.4 is 0 Å². The summed E-state index contributed by atoms with van der Waals surface area (Å²) in [6, 6.07) is 19.0. The van der Waals surface area contributed by atoms with Crippen molar-refractivity contribution in [2.75, 3.05) is 26.4 Å². The zero-order chi connectivity index (χ0) is 48.1. The minimum Gasteiger partial charge on any atom is -0.465 e. The van der Waals surface area contributed by atoms with Gasteiger partial charge in [0.25, 0.3) is 0 Å². The van der Waals surface area contributed by atoms with Crippen LogP contribution in [0.4, 0.5) is 0 Å². The lowest BCUT2D eigenvalue weighted by Crippen LogP contribution is -2.25. The monoisotopic (exact) mass is 957 g/mol. The minimum absolute atomic E-state index is 0.0191. The smallest absolute Gasteiger partial charge is 0.465 e. The molecule has 382 valence electrons. The fraction of sp³-hybridized carbons (Fsp3) is 0.732. The molecule has 0 fully saturated rings. The van der Waals surface area contributed by atoms with E-state index in [0.717, 1.165) is 75.3 Å². The van der Waals surface area contributed by atoms with Crippen molar-refractivity contribution in [2.24, 2.45) is 5.92 Å². The van der Waals surface area contributed by atoms with Crippen molar-refractivity contribution in [3.63, 3.8) is 0 Å². The quantitative estimate of drug-likeness (QED) is 0.0274. The summed E-state index contributed by atoms with van der Waals surface area (Å²) in [6.45, 7) is 4.72. The third kappa shape index (κ3) is 36.6. The Balaban J connectivity index is 1.82. The zero-order valence-corrected chi connectivity index (χ0v) is 43.1. The maximum atomic E-state index is 14.1. The van der Waals surface area contributed by atoms with Crippen LogP contribution in [0, 0.1) is 5.92 Å². The predicted octanol–water partition coefficient (Wildman–Crippen LogP) is 16.3. The van der Waals surface area contributed by atoms with Gasteiger partial charge in [0.1, 0.15) is 6.61 Å². The average Bonchev–Trinajstić information content (AvgIpc) is 3.34. The first-order chi connectivity index (χ1) is 32.8. The molecule has 0 spiro atoms. The summed E-state index contributed by atoms with van der Waals surface area (Å²) >= 11 is 0. The number of carbonyl (C=O) groups excluding carboxylic acids is 3. The van der Waals surface area contributed by atoms with Crippen molar-refractivity contribution < 1.29 is 46.7 Å². The first-order valence-corrected chi connectivity index (χ1v) is 28.4. The number of phosphoric ester groups is 1. The van der Waals surface area contributed by atoms with Gasteiger partial charge in [-0.3, -0.25) is 28.0 Å². The van der Waals surface area contributed by atoms with E-state index in [1.165, 1.54) is 116 Å². The van der Waals surface area contributed by atoms with Crippen molar-refractivity contribution >= 4 is 25.7 Å². The summed E-state index contributed by atoms with van der Waals surface area (Å²) in [6.07, 6.45) is 34.0. The second kappa shape index (κ2) is 43.0. The molecule has 2 aromatic carbocycles. The molecular formula is C56H93O10P. The van der Waals surface area contributed by atoms with Crippen LogP contribution in [-0.4, -0.2) is 44.3 Å². The summed E-state index contributed by atoms with van der Waals surface area (Å²) in [5.41, 5.74) is 1.78. The standard InChI is InChI=1S/C56H93O10P/c1-3-5-7-9-11-13-15-16-18-20-22-25-35-44-56(59)63-48-53(47-62-55(58)43-34-24-21-19-17-14-12-10-8-6-4-2)50-66-67(60,65-49-52-40-32-29-33-41-52)64-45-37-27-23-26-36-42-54(57)61-46-51-38-30-28-31-39-51/h28-33,38-41,53H,3-27,34-37,42-50H2,1-2H3. The molecule has 0 aliphatic carbocycles. The van der Waals surface area contributed by atoms with Crippen LogP contribution in [0.2, 0.25) is 0 Å². The molecule has 0 amide bonds. The molecule has 0 N–H and O–H groups in total. The molecule has 67 heavy (non-hydrogen) atoms. The van der Waals surface area contributed by atoms with Gasteiger partial charge in [-0.1, -0.05) is 235 Å². The molecule has 11 heteroatoms. The van der Waals surface area contributed by atoms with Gasteiger partial charge in [-0.2, -0.15) is 0 Å². The number of ether oxygens (including phenoxy) is 3. The van der Waals surface area contributed by atoms with E-state index in [9.17, 15) is 18.9 Å². The number of hydrogen-bond donors (Lipinski definition) is 0. The van der Waals surface area contributed by atoms with Crippen LogP contribution in [-0.2, 0) is 59.9 Å². The third-order valence-corrected chi connectivity index (χ3v) is 13.6. The van der Waals surface area contributed by atoms with E-state index in [1.54, 1.807) is 0 Å². The van der Waals surface area contributed by atoms with Gasteiger partial charge in [-0.15, -0.1) is 0 Å². The van der Waals surface area contributed by atoms with Crippen LogP contribution in [0.3, 0.4) is 0 Å². The molecule has 0 saturated carbocycles. The third-order valence-electron chi connectivity index (χ3n) is 12.1. The Morgan fingerprint density at radius 1 is 0.388 bits per heavy atom. The zero-order valence-electron chi connectivity index (χ0n) is 42.3. The fourth-order valence-electron chi connectivity index (χ4n) is 7.86. The van der Waals surface area contributed by atoms with E-state index in [-0.39, 0.29) is 57.5 Å². The van der Waals surface area contributed by atoms with Gasteiger partial charge in [-0.05, 0) is 36.8 Å². The van der Waals surface area contributed by atoms with Crippen LogP contribution in [0.15, 0.2) is 60.7 Å². The summed E-state index contributed by atoms with van der Waals surface area (Å²) in [5.74, 6) is -1.37. The summed E-state index contributed by atoms with van der Waals surface area (Å²) in [5, 5.41) is 0. The highest BCUT2D eigenvalue weighted by molar-refractivity contribution is 7.48. The van der Waals surface area contributed by atoms with Gasteiger partial charge in [0.05, 0.1) is 39.0 Å². The van der Waals surface area contributed by atoms with Crippen molar-refractivity contribution in [2.45, 2.75) is 233 Å². The van der Waals surface area contributed by atoms with Crippen molar-refractivity contribution in [1.29, 1.82) is 0 Å². The second-order valence-corrected chi connectivity index (χ2v) is 20.2. The van der Waals surface area contributed by atoms with Crippen molar-refractivity contribution in [1.82, 2.24) is 0 Å². The number of unbranched alkanes of at least 4 members (excludes halogenated alkanes) is 26. The average molecular weight is 957 g/mol. The molecule has 2 atom stereocenters. The first kappa shape index (κ1) is 60.1. The topological polar surface area (TPSA) is 124 Å². The summed E-state index contributed by atoms with van der Waals surface area (Å²) < 4.78 is 48.5. The second-order valence-electron chi connectivity index (χ2n) is 18.5. The number of benzene rings is 2. The highest BCUT2D eigenvalue weighted by atomic mass is 31.2. The van der Waals surface area contributed by atoms with Gasteiger partial charge in [0, 0.05) is 19.3 Å². The molecule has 0 heterocycles. The van der Waals surface area contributed by atoms with E-state index in [1.807, 2.05) is 60.7 Å². The number of rotatable bonds is 47. The molecule has 0 aliphatic heterocycles. The molecule has 0 aliphatic rings. The van der Waals surface area contributed by atoms with E-state index < -0.39 is 13.7 Å². The Kier molecular flexibility index (Phi) is 38.6. The van der Waals surface area contributed by atoms with Gasteiger partial charge < -0.3 is 14.2 Å². The highest BCUT2D eigenvalue weighted by Gasteiger charge is 2.29. The maximum Gasteiger partial charge on any atom is 0.475 e. The fourth-order valence-corrected chi connectivity index (χ4v) is 9.13. The molecule has 0 bridgehead atoms. The van der Waals surface area contributed by atoms with Crippen LogP contribution in [0.5, 0.6) is 0 Å². The molecule has 2 rings (SSSR count). The number of carbonyl (C=O) groups is 3. The normalized spacial score (nSPS) is 12.7. The Morgan fingerprint density at radius 2 is 0.731 bits per heavy atom. The Hall–Kier alpha value is -3.04. The summed E-state index contributed by atoms with van der Waals surface area (Å²) in [4.78, 5) is 37.9. The molecule has 2 unspecified atom stereocenters. The number of esters is 3. The molecule has 2 aromatic rings. The number of hydrogen-bond acceptors (Lipinski definition) is 10. The lowest BCUT2D eigenvalue weighted by Gasteiger charge is -2.22. The maximum absolute atomic E-state index is 14.1. The Bertz CT molecular complexity index is 1510. The van der Waals surface area contributed by atoms with Crippen LogP contribution in [0.25, 0.3) is 0 Å². The van der Waals surface area contributed by atoms with Gasteiger partial charge in [0.2, 0.25) is 0 Å². The molecule has 0 radical (unpaired) electrons. The Morgan fingerprint density at radius 3 is 1.13 bits per heavy atom. The van der Waals surface area contributed by atoms with E-state index in [4.69, 9.17) is 27.8 Å².